The predicted molar refractivity (Wildman–Crippen MR) is 133 cm³/mol. The highest BCUT2D eigenvalue weighted by atomic mass is 32.2. The Morgan fingerprint density at radius 1 is 1.03 bits per heavy atom. The Morgan fingerprint density at radius 3 is 2.44 bits per heavy atom. The first-order valence-electron chi connectivity index (χ1n) is 10.7. The number of aromatic nitrogens is 3. The largest absolute Gasteiger partial charge is 0.497 e. The number of nitrogens with zero attached hydrogens (tertiary/aromatic N) is 4. The lowest BCUT2D eigenvalue weighted by Gasteiger charge is -2.11. The zero-order chi connectivity index (χ0) is 23.8. The lowest BCUT2D eigenvalue weighted by molar-refractivity contribution is -0.113. The minimum absolute atomic E-state index is 0.154. The minimum Gasteiger partial charge on any atom is -0.497 e. The Morgan fingerprint density at radius 2 is 1.76 bits per heavy atom. The molecule has 0 saturated heterocycles. The van der Waals surface area contributed by atoms with Gasteiger partial charge in [-0.1, -0.05) is 42.1 Å². The van der Waals surface area contributed by atoms with Crippen molar-refractivity contribution in [2.45, 2.75) is 18.1 Å². The fourth-order valence-electron chi connectivity index (χ4n) is 3.39. The minimum atomic E-state index is -0.154. The summed E-state index contributed by atoms with van der Waals surface area (Å²) in [6.07, 6.45) is 0.813. The van der Waals surface area contributed by atoms with Crippen molar-refractivity contribution < 1.29 is 9.53 Å². The lowest BCUT2D eigenvalue weighted by Crippen LogP contribution is -2.15. The van der Waals surface area contributed by atoms with Crippen molar-refractivity contribution in [2.24, 2.45) is 0 Å². The fourth-order valence-corrected chi connectivity index (χ4v) is 4.16. The van der Waals surface area contributed by atoms with Gasteiger partial charge in [-0.15, -0.1) is 10.2 Å². The van der Waals surface area contributed by atoms with Gasteiger partial charge in [0.25, 0.3) is 0 Å². The molecule has 0 radical (unpaired) electrons. The molecule has 0 fully saturated rings. The number of carbonyl (C=O) groups excluding carboxylic acids is 1. The van der Waals surface area contributed by atoms with Crippen molar-refractivity contribution in [1.29, 1.82) is 5.26 Å². The second-order valence-corrected chi connectivity index (χ2v) is 8.39. The van der Waals surface area contributed by atoms with Gasteiger partial charge in [-0.2, -0.15) is 5.26 Å². The zero-order valence-corrected chi connectivity index (χ0v) is 19.5. The zero-order valence-electron chi connectivity index (χ0n) is 18.6. The third-order valence-corrected chi connectivity index (χ3v) is 6.13. The van der Waals surface area contributed by atoms with Gasteiger partial charge in [-0.05, 0) is 60.5 Å². The van der Waals surface area contributed by atoms with E-state index in [1.165, 1.54) is 17.3 Å². The number of thioether (sulfide) groups is 1. The third-order valence-electron chi connectivity index (χ3n) is 5.16. The number of hydrogen-bond donors (Lipinski definition) is 1. The first-order chi connectivity index (χ1) is 16.7. The number of ether oxygens (including phenoxy) is 1. The molecule has 0 aliphatic carbocycles. The number of benzene rings is 3. The van der Waals surface area contributed by atoms with E-state index in [0.29, 0.717) is 23.0 Å². The second kappa shape index (κ2) is 11.2. The van der Waals surface area contributed by atoms with E-state index < -0.39 is 0 Å². The smallest absolute Gasteiger partial charge is 0.234 e. The van der Waals surface area contributed by atoms with E-state index in [4.69, 9.17) is 10.00 Å². The van der Waals surface area contributed by atoms with Crippen LogP contribution in [0.5, 0.6) is 5.75 Å². The first-order valence-corrected chi connectivity index (χ1v) is 11.7. The highest BCUT2D eigenvalue weighted by Crippen LogP contribution is 2.26. The molecule has 1 amide bonds. The number of rotatable bonds is 9. The summed E-state index contributed by atoms with van der Waals surface area (Å²) in [5.74, 6) is 1.55. The molecule has 1 aromatic heterocycles. The Hall–Kier alpha value is -4.09. The highest BCUT2D eigenvalue weighted by molar-refractivity contribution is 7.99. The van der Waals surface area contributed by atoms with E-state index in [0.717, 1.165) is 23.6 Å². The molecule has 4 aromatic rings. The lowest BCUT2D eigenvalue weighted by atomic mass is 10.1. The molecule has 0 atom stereocenters. The molecule has 0 aliphatic heterocycles. The van der Waals surface area contributed by atoms with Crippen LogP contribution in [0.2, 0.25) is 0 Å². The van der Waals surface area contributed by atoms with Gasteiger partial charge in [0.1, 0.15) is 5.75 Å². The molecular weight excluding hydrogens is 446 g/mol. The van der Waals surface area contributed by atoms with Gasteiger partial charge in [0.2, 0.25) is 5.91 Å². The van der Waals surface area contributed by atoms with Crippen LogP contribution in [0.15, 0.2) is 84.0 Å². The fraction of sp³-hybridized carbons (Fsp3) is 0.154. The molecule has 0 spiro atoms. The van der Waals surface area contributed by atoms with Crippen LogP contribution in [0.25, 0.3) is 11.4 Å². The molecule has 4 rings (SSSR count). The van der Waals surface area contributed by atoms with Crippen molar-refractivity contribution >= 4 is 23.4 Å². The van der Waals surface area contributed by atoms with Crippen LogP contribution >= 0.6 is 11.8 Å². The average Bonchev–Trinajstić information content (AvgIpc) is 3.30. The maximum atomic E-state index is 12.5. The van der Waals surface area contributed by atoms with E-state index in [2.05, 4.69) is 38.3 Å². The quantitative estimate of drug-likeness (QED) is 0.354. The van der Waals surface area contributed by atoms with Gasteiger partial charge < -0.3 is 14.6 Å². The summed E-state index contributed by atoms with van der Waals surface area (Å²) in [4.78, 5) is 12.5. The van der Waals surface area contributed by atoms with Gasteiger partial charge in [0.05, 0.1) is 24.5 Å². The summed E-state index contributed by atoms with van der Waals surface area (Å²) in [5.41, 5.74) is 3.33. The van der Waals surface area contributed by atoms with E-state index in [1.54, 1.807) is 31.4 Å². The molecular formula is C26H23N5O2S. The molecule has 34 heavy (non-hydrogen) atoms. The molecule has 3 aromatic carbocycles. The maximum Gasteiger partial charge on any atom is 0.234 e. The van der Waals surface area contributed by atoms with E-state index in [1.807, 2.05) is 42.5 Å². The molecule has 0 bridgehead atoms. The molecule has 7 nitrogen and oxygen atoms in total. The second-order valence-electron chi connectivity index (χ2n) is 7.45. The van der Waals surface area contributed by atoms with Crippen molar-refractivity contribution in [3.63, 3.8) is 0 Å². The van der Waals surface area contributed by atoms with Crippen LogP contribution in [0.3, 0.4) is 0 Å². The number of hydrogen-bond acceptors (Lipinski definition) is 6. The van der Waals surface area contributed by atoms with Crippen LogP contribution < -0.4 is 10.1 Å². The highest BCUT2D eigenvalue weighted by Gasteiger charge is 2.16. The Bertz CT molecular complexity index is 1280. The Kier molecular flexibility index (Phi) is 7.58. The summed E-state index contributed by atoms with van der Waals surface area (Å²) < 4.78 is 7.32. The van der Waals surface area contributed by atoms with Crippen molar-refractivity contribution in [3.8, 4) is 23.2 Å². The van der Waals surface area contributed by atoms with Gasteiger partial charge in [-0.3, -0.25) is 4.79 Å². The average molecular weight is 470 g/mol. The number of nitriles is 1. The van der Waals surface area contributed by atoms with Gasteiger partial charge in [0, 0.05) is 17.8 Å². The first kappa shape index (κ1) is 23.1. The van der Waals surface area contributed by atoms with Crippen molar-refractivity contribution in [3.05, 3.63) is 90.0 Å². The molecule has 170 valence electrons. The van der Waals surface area contributed by atoms with Crippen LogP contribution in [0, 0.1) is 11.3 Å². The Balaban J connectivity index is 1.50. The topological polar surface area (TPSA) is 92.8 Å². The SMILES string of the molecule is COc1ccc(-c2nnc(SCC(=O)Nc3ccc(C#N)cc3)n2CCc2ccccc2)cc1. The summed E-state index contributed by atoms with van der Waals surface area (Å²) in [6, 6.07) is 26.8. The van der Waals surface area contributed by atoms with Gasteiger partial charge in [-0.25, -0.2) is 0 Å². The van der Waals surface area contributed by atoms with Crippen molar-refractivity contribution in [2.75, 3.05) is 18.2 Å². The van der Waals surface area contributed by atoms with Crippen LogP contribution in [0.1, 0.15) is 11.1 Å². The number of anilines is 1. The molecule has 1 N–H and O–H groups in total. The summed E-state index contributed by atoms with van der Waals surface area (Å²) in [5, 5.41) is 21.2. The summed E-state index contributed by atoms with van der Waals surface area (Å²) in [6.45, 7) is 0.679. The molecule has 0 unspecified atom stereocenters. The summed E-state index contributed by atoms with van der Waals surface area (Å²) in [7, 11) is 1.63. The molecule has 1 heterocycles. The Labute approximate surface area is 202 Å². The number of amides is 1. The molecule has 8 heteroatoms. The molecule has 0 aliphatic rings. The van der Waals surface area contributed by atoms with E-state index in [9.17, 15) is 4.79 Å². The number of carbonyl (C=O) groups is 1. The molecule has 0 saturated carbocycles. The maximum absolute atomic E-state index is 12.5. The normalized spacial score (nSPS) is 10.5. The van der Waals surface area contributed by atoms with E-state index >= 15 is 0 Å². The van der Waals surface area contributed by atoms with Gasteiger partial charge >= 0.3 is 0 Å². The van der Waals surface area contributed by atoms with Gasteiger partial charge in [0.15, 0.2) is 11.0 Å². The van der Waals surface area contributed by atoms with Crippen LogP contribution in [-0.4, -0.2) is 33.5 Å². The summed E-state index contributed by atoms with van der Waals surface area (Å²) >= 11 is 1.34. The number of aryl methyl sites for hydroxylation is 1. The van der Waals surface area contributed by atoms with Crippen molar-refractivity contribution in [1.82, 2.24) is 14.8 Å². The standard InChI is InChI=1S/C26H23N5O2S/c1-33-23-13-9-21(10-14-23)25-29-30-26(31(25)16-15-19-5-3-2-4-6-19)34-18-24(32)28-22-11-7-20(17-27)8-12-22/h2-14H,15-16,18H2,1H3,(H,28,32). The van der Waals surface area contributed by atoms with Crippen LogP contribution in [-0.2, 0) is 17.8 Å². The van der Waals surface area contributed by atoms with E-state index in [-0.39, 0.29) is 11.7 Å². The number of nitrogens with one attached hydrogen (secondary N) is 1. The third kappa shape index (κ3) is 5.82. The van der Waals surface area contributed by atoms with Crippen LogP contribution in [0.4, 0.5) is 5.69 Å². The predicted octanol–water partition coefficient (Wildman–Crippen LogP) is 4.80. The number of methoxy groups -OCH3 is 1. The monoisotopic (exact) mass is 469 g/mol.